The van der Waals surface area contributed by atoms with Crippen LogP contribution in [0.3, 0.4) is 0 Å². The molecule has 0 aliphatic carbocycles. The fourth-order valence-corrected chi connectivity index (χ4v) is 3.21. The van der Waals surface area contributed by atoms with Crippen LogP contribution >= 0.6 is 0 Å². The van der Waals surface area contributed by atoms with Gasteiger partial charge in [-0.05, 0) is 49.7 Å². The van der Waals surface area contributed by atoms with Gasteiger partial charge >= 0.3 is 0 Å². The van der Waals surface area contributed by atoms with Gasteiger partial charge in [0.2, 0.25) is 6.79 Å². The summed E-state index contributed by atoms with van der Waals surface area (Å²) in [6, 6.07) is 19.6. The second-order valence-corrected chi connectivity index (χ2v) is 7.13. The maximum absolute atomic E-state index is 12.5. The van der Waals surface area contributed by atoms with Crippen molar-refractivity contribution >= 4 is 17.4 Å². The molecule has 0 spiro atoms. The summed E-state index contributed by atoms with van der Waals surface area (Å²) < 4.78 is 10.6. The average molecular weight is 389 g/mol. The molecule has 3 aromatic rings. The number of carbonyl (C=O) groups is 1. The molecule has 0 saturated heterocycles. The largest absolute Gasteiger partial charge is 0.454 e. The first-order valence-corrected chi connectivity index (χ1v) is 9.58. The third-order valence-corrected chi connectivity index (χ3v) is 4.77. The summed E-state index contributed by atoms with van der Waals surface area (Å²) in [5, 5.41) is 2.83. The van der Waals surface area contributed by atoms with Gasteiger partial charge in [0.15, 0.2) is 11.5 Å². The normalized spacial score (nSPS) is 12.1. The van der Waals surface area contributed by atoms with E-state index in [1.807, 2.05) is 30.3 Å². The van der Waals surface area contributed by atoms with Gasteiger partial charge < -0.3 is 19.7 Å². The number of hydrogen-bond acceptors (Lipinski definition) is 5. The van der Waals surface area contributed by atoms with Gasteiger partial charge in [-0.2, -0.15) is 0 Å². The molecule has 0 unspecified atom stereocenters. The Balaban J connectivity index is 1.46. The summed E-state index contributed by atoms with van der Waals surface area (Å²) in [6.45, 7) is 5.28. The maximum atomic E-state index is 12.5. The van der Waals surface area contributed by atoms with Crippen molar-refractivity contribution < 1.29 is 14.3 Å². The molecule has 6 nitrogen and oxygen atoms in total. The van der Waals surface area contributed by atoms with Crippen molar-refractivity contribution in [2.45, 2.75) is 26.4 Å². The second-order valence-electron chi connectivity index (χ2n) is 7.13. The lowest BCUT2D eigenvalue weighted by Gasteiger charge is -2.29. The first-order valence-electron chi connectivity index (χ1n) is 9.58. The summed E-state index contributed by atoms with van der Waals surface area (Å²) in [6.07, 6.45) is 1.79. The van der Waals surface area contributed by atoms with Crippen molar-refractivity contribution in [2.24, 2.45) is 0 Å². The van der Waals surface area contributed by atoms with Crippen LogP contribution in [0.25, 0.3) is 0 Å². The van der Waals surface area contributed by atoms with E-state index in [9.17, 15) is 4.79 Å². The Morgan fingerprint density at radius 3 is 2.59 bits per heavy atom. The Labute approximate surface area is 170 Å². The van der Waals surface area contributed by atoms with Gasteiger partial charge in [-0.3, -0.25) is 4.79 Å². The Morgan fingerprint density at radius 1 is 1.07 bits per heavy atom. The molecular formula is C23H23N3O3. The number of ether oxygens (including phenoxy) is 2. The molecule has 4 rings (SSSR count). The number of anilines is 2. The van der Waals surface area contributed by atoms with E-state index in [0.717, 1.165) is 12.2 Å². The predicted molar refractivity (Wildman–Crippen MR) is 113 cm³/mol. The van der Waals surface area contributed by atoms with Crippen molar-refractivity contribution in [3.05, 3.63) is 78.0 Å². The van der Waals surface area contributed by atoms with Crippen LogP contribution < -0.4 is 19.7 Å². The molecule has 1 amide bonds. The number of carbonyl (C=O) groups excluding carboxylic acids is 1. The third-order valence-electron chi connectivity index (χ3n) is 4.77. The lowest BCUT2D eigenvalue weighted by molar-refractivity contribution is 0.102. The van der Waals surface area contributed by atoms with Crippen molar-refractivity contribution in [2.75, 3.05) is 17.0 Å². The van der Waals surface area contributed by atoms with Crippen molar-refractivity contribution in [1.29, 1.82) is 0 Å². The van der Waals surface area contributed by atoms with Crippen LogP contribution in [0, 0.1) is 0 Å². The van der Waals surface area contributed by atoms with Crippen LogP contribution in [0.1, 0.15) is 29.8 Å². The summed E-state index contributed by atoms with van der Waals surface area (Å²) in [5.41, 5.74) is 2.74. The number of benzene rings is 2. The average Bonchev–Trinajstić information content (AvgIpc) is 3.21. The lowest BCUT2D eigenvalue weighted by Crippen LogP contribution is -2.30. The first kappa shape index (κ1) is 18.8. The van der Waals surface area contributed by atoms with E-state index in [-0.39, 0.29) is 12.7 Å². The standard InChI is InChI=1S/C23H23N3O3/c1-16(2)26(14-17-6-4-3-5-7-17)19-9-11-22(24-13-19)25-23(27)18-8-10-20-21(12-18)29-15-28-20/h3-13,16H,14-15H2,1-2H3,(H,24,25,27). The van der Waals surface area contributed by atoms with Gasteiger partial charge in [-0.25, -0.2) is 4.98 Å². The van der Waals surface area contributed by atoms with E-state index in [4.69, 9.17) is 9.47 Å². The molecule has 1 aliphatic heterocycles. The zero-order valence-electron chi connectivity index (χ0n) is 16.5. The van der Waals surface area contributed by atoms with Crippen LogP contribution in [-0.2, 0) is 6.54 Å². The third kappa shape index (κ3) is 4.32. The number of aromatic nitrogens is 1. The topological polar surface area (TPSA) is 63.7 Å². The second kappa shape index (κ2) is 8.22. The quantitative estimate of drug-likeness (QED) is 0.674. The van der Waals surface area contributed by atoms with Crippen LogP contribution in [0.2, 0.25) is 0 Å². The lowest BCUT2D eigenvalue weighted by atomic mass is 10.1. The summed E-state index contributed by atoms with van der Waals surface area (Å²) in [7, 11) is 0. The minimum absolute atomic E-state index is 0.179. The number of nitrogens with zero attached hydrogens (tertiary/aromatic N) is 2. The predicted octanol–water partition coefficient (Wildman–Crippen LogP) is 4.48. The fraction of sp³-hybridized carbons (Fsp3) is 0.217. The van der Waals surface area contributed by atoms with Crippen LogP contribution in [-0.4, -0.2) is 23.7 Å². The van der Waals surface area contributed by atoms with Gasteiger partial charge in [0.25, 0.3) is 5.91 Å². The molecular weight excluding hydrogens is 366 g/mol. The van der Waals surface area contributed by atoms with E-state index in [2.05, 4.69) is 41.2 Å². The Morgan fingerprint density at radius 2 is 1.86 bits per heavy atom. The molecule has 6 heteroatoms. The zero-order valence-corrected chi connectivity index (χ0v) is 16.5. The molecule has 2 aromatic carbocycles. The first-order chi connectivity index (χ1) is 14.1. The van der Waals surface area contributed by atoms with Gasteiger partial charge in [-0.1, -0.05) is 30.3 Å². The van der Waals surface area contributed by atoms with Crippen LogP contribution in [0.4, 0.5) is 11.5 Å². The minimum atomic E-state index is -0.242. The number of hydrogen-bond donors (Lipinski definition) is 1. The number of rotatable bonds is 6. The Hall–Kier alpha value is -3.54. The highest BCUT2D eigenvalue weighted by atomic mass is 16.7. The van der Waals surface area contributed by atoms with E-state index in [1.165, 1.54) is 5.56 Å². The van der Waals surface area contributed by atoms with Gasteiger partial charge in [0.1, 0.15) is 5.82 Å². The highest BCUT2D eigenvalue weighted by Gasteiger charge is 2.17. The van der Waals surface area contributed by atoms with Crippen LogP contribution in [0.15, 0.2) is 66.9 Å². The molecule has 148 valence electrons. The molecule has 0 atom stereocenters. The molecule has 1 aromatic heterocycles. The van der Waals surface area contributed by atoms with E-state index < -0.39 is 0 Å². The molecule has 29 heavy (non-hydrogen) atoms. The van der Waals surface area contributed by atoms with Gasteiger partial charge in [-0.15, -0.1) is 0 Å². The van der Waals surface area contributed by atoms with Gasteiger partial charge in [0.05, 0.1) is 11.9 Å². The van der Waals surface area contributed by atoms with E-state index in [1.54, 1.807) is 24.4 Å². The summed E-state index contributed by atoms with van der Waals surface area (Å²) in [4.78, 5) is 19.2. The summed E-state index contributed by atoms with van der Waals surface area (Å²) >= 11 is 0. The Bertz CT molecular complexity index is 988. The zero-order chi connectivity index (χ0) is 20.2. The molecule has 0 bridgehead atoms. The number of nitrogens with one attached hydrogen (secondary N) is 1. The van der Waals surface area contributed by atoms with Crippen molar-refractivity contribution in [3.8, 4) is 11.5 Å². The van der Waals surface area contributed by atoms with Crippen molar-refractivity contribution in [3.63, 3.8) is 0 Å². The van der Waals surface area contributed by atoms with Crippen LogP contribution in [0.5, 0.6) is 11.5 Å². The highest BCUT2D eigenvalue weighted by Crippen LogP contribution is 2.32. The highest BCUT2D eigenvalue weighted by molar-refractivity contribution is 6.04. The molecule has 0 radical (unpaired) electrons. The smallest absolute Gasteiger partial charge is 0.256 e. The number of amides is 1. The molecule has 0 fully saturated rings. The van der Waals surface area contributed by atoms with E-state index >= 15 is 0 Å². The SMILES string of the molecule is CC(C)N(Cc1ccccc1)c1ccc(NC(=O)c2ccc3c(c2)OCO3)nc1. The Kier molecular flexibility index (Phi) is 5.33. The molecule has 1 N–H and O–H groups in total. The fourth-order valence-electron chi connectivity index (χ4n) is 3.21. The number of pyridine rings is 1. The maximum Gasteiger partial charge on any atom is 0.256 e. The van der Waals surface area contributed by atoms with Crippen molar-refractivity contribution in [1.82, 2.24) is 4.98 Å². The molecule has 1 aliphatic rings. The monoisotopic (exact) mass is 389 g/mol. The van der Waals surface area contributed by atoms with Gasteiger partial charge in [0, 0.05) is 18.2 Å². The molecule has 0 saturated carbocycles. The molecule has 2 heterocycles. The van der Waals surface area contributed by atoms with E-state index in [0.29, 0.717) is 28.9 Å². The number of fused-ring (bicyclic) bond motifs is 1. The minimum Gasteiger partial charge on any atom is -0.454 e. The summed E-state index contributed by atoms with van der Waals surface area (Å²) in [5.74, 6) is 1.49.